The lowest BCUT2D eigenvalue weighted by Crippen LogP contribution is -2.31. The van der Waals surface area contributed by atoms with E-state index < -0.39 is 12.0 Å². The Hall–Kier alpha value is -0.750. The summed E-state index contributed by atoms with van der Waals surface area (Å²) < 4.78 is 0. The molecule has 0 bridgehead atoms. The van der Waals surface area contributed by atoms with E-state index in [1.54, 1.807) is 7.05 Å². The van der Waals surface area contributed by atoms with Crippen molar-refractivity contribution in [3.05, 3.63) is 0 Å². The van der Waals surface area contributed by atoms with Gasteiger partial charge >= 0.3 is 5.97 Å². The topological polar surface area (TPSA) is 92.4 Å². The number of carboxylic acids is 1. The van der Waals surface area contributed by atoms with Crippen LogP contribution in [0.25, 0.3) is 0 Å². The molecule has 12 heavy (non-hydrogen) atoms. The van der Waals surface area contributed by atoms with Crippen molar-refractivity contribution in [3.63, 3.8) is 0 Å². The normalized spacial score (nSPS) is 10.7. The van der Waals surface area contributed by atoms with Crippen molar-refractivity contribution in [2.45, 2.75) is 13.0 Å². The molecule has 0 aliphatic carbocycles. The number of nitrogens with two attached hydrogens (primary N) is 1. The van der Waals surface area contributed by atoms with E-state index in [0.29, 0.717) is 0 Å². The molecule has 0 aromatic carbocycles. The SMILES string of the molecule is CNC(C)=O.N[C@@H](CS)C(=O)O. The molecule has 6 heteroatoms. The smallest absolute Gasteiger partial charge is 0.321 e. The third kappa shape index (κ3) is 12.0. The average molecular weight is 194 g/mol. The van der Waals surface area contributed by atoms with Gasteiger partial charge in [-0.3, -0.25) is 9.59 Å². The molecule has 1 atom stereocenters. The second-order valence-electron chi connectivity index (χ2n) is 1.93. The molecule has 0 radical (unpaired) electrons. The molecule has 0 aliphatic rings. The average Bonchev–Trinajstić information content (AvgIpc) is 2.04. The van der Waals surface area contributed by atoms with Crippen LogP contribution in [-0.4, -0.2) is 35.8 Å². The lowest BCUT2D eigenvalue weighted by Gasteiger charge is -1.96. The van der Waals surface area contributed by atoms with Crippen LogP contribution in [0.15, 0.2) is 0 Å². The third-order valence-electron chi connectivity index (χ3n) is 0.866. The van der Waals surface area contributed by atoms with E-state index in [1.165, 1.54) is 6.92 Å². The predicted octanol–water partition coefficient (Wildman–Crippen LogP) is -0.920. The van der Waals surface area contributed by atoms with Crippen LogP contribution < -0.4 is 11.1 Å². The minimum absolute atomic E-state index is 0.00463. The van der Waals surface area contributed by atoms with Crippen LogP contribution in [0.1, 0.15) is 6.92 Å². The van der Waals surface area contributed by atoms with Crippen molar-refractivity contribution in [2.24, 2.45) is 5.73 Å². The summed E-state index contributed by atoms with van der Waals surface area (Å²) in [6.45, 7) is 1.47. The molecular formula is C6H14N2O3S. The van der Waals surface area contributed by atoms with E-state index in [2.05, 4.69) is 17.9 Å². The predicted molar refractivity (Wildman–Crippen MR) is 49.2 cm³/mol. The fraction of sp³-hybridized carbons (Fsp3) is 0.667. The van der Waals surface area contributed by atoms with Crippen molar-refractivity contribution in [1.29, 1.82) is 0 Å². The number of carbonyl (C=O) groups excluding carboxylic acids is 1. The van der Waals surface area contributed by atoms with E-state index >= 15 is 0 Å². The number of hydrogen-bond acceptors (Lipinski definition) is 4. The molecule has 0 aromatic rings. The zero-order chi connectivity index (χ0) is 10.1. The highest BCUT2D eigenvalue weighted by Crippen LogP contribution is 1.80. The zero-order valence-electron chi connectivity index (χ0n) is 7.07. The first kappa shape index (κ1) is 13.8. The molecule has 4 N–H and O–H groups in total. The quantitative estimate of drug-likeness (QED) is 0.428. The van der Waals surface area contributed by atoms with Gasteiger partial charge in [0.15, 0.2) is 0 Å². The molecule has 5 nitrogen and oxygen atoms in total. The van der Waals surface area contributed by atoms with E-state index in [4.69, 9.17) is 10.8 Å². The third-order valence-corrected chi connectivity index (χ3v) is 1.26. The zero-order valence-corrected chi connectivity index (χ0v) is 7.97. The van der Waals surface area contributed by atoms with Crippen LogP contribution in [-0.2, 0) is 9.59 Å². The lowest BCUT2D eigenvalue weighted by molar-refractivity contribution is -0.137. The summed E-state index contributed by atoms with van der Waals surface area (Å²) in [6, 6.07) is -0.816. The summed E-state index contributed by atoms with van der Waals surface area (Å²) in [5.74, 6) is -0.810. The fourth-order valence-corrected chi connectivity index (χ4v) is 0.234. The maximum Gasteiger partial charge on any atom is 0.321 e. The van der Waals surface area contributed by atoms with Crippen molar-refractivity contribution < 1.29 is 14.7 Å². The Bertz CT molecular complexity index is 152. The Morgan fingerprint density at radius 2 is 2.00 bits per heavy atom. The molecule has 0 heterocycles. The van der Waals surface area contributed by atoms with Gasteiger partial charge in [0.05, 0.1) is 0 Å². The van der Waals surface area contributed by atoms with Gasteiger partial charge in [0.1, 0.15) is 6.04 Å². The standard InChI is InChI=1S/C3H7NO2S.C3H7NO/c4-2(1-7)3(5)6;1-3(5)4-2/h2,7H,1,4H2,(H,5,6);1-2H3,(H,4,5)/t2-;/m0./s1. The lowest BCUT2D eigenvalue weighted by atomic mass is 10.4. The molecule has 0 saturated heterocycles. The number of amides is 1. The van der Waals surface area contributed by atoms with Gasteiger partial charge in [0.25, 0.3) is 0 Å². The molecule has 0 aliphatic heterocycles. The Balaban J connectivity index is 0. The van der Waals surface area contributed by atoms with E-state index in [9.17, 15) is 9.59 Å². The van der Waals surface area contributed by atoms with E-state index in [-0.39, 0.29) is 11.7 Å². The second kappa shape index (κ2) is 8.35. The number of aliphatic carboxylic acids is 1. The molecule has 72 valence electrons. The summed E-state index contributed by atoms with van der Waals surface area (Å²) in [7, 11) is 1.60. The second-order valence-corrected chi connectivity index (χ2v) is 2.30. The summed E-state index contributed by atoms with van der Waals surface area (Å²) in [5.41, 5.74) is 4.94. The molecule has 0 saturated carbocycles. The van der Waals surface area contributed by atoms with Crippen LogP contribution in [0.5, 0.6) is 0 Å². The summed E-state index contributed by atoms with van der Waals surface area (Å²) >= 11 is 3.65. The minimum Gasteiger partial charge on any atom is -0.480 e. The minimum atomic E-state index is -1.00. The largest absolute Gasteiger partial charge is 0.480 e. The number of nitrogens with one attached hydrogen (secondary N) is 1. The van der Waals surface area contributed by atoms with E-state index in [1.807, 2.05) is 0 Å². The molecule has 0 rings (SSSR count). The summed E-state index contributed by atoms with van der Waals surface area (Å²) in [5, 5.41) is 10.4. The number of rotatable bonds is 2. The molecule has 0 unspecified atom stereocenters. The highest BCUT2D eigenvalue weighted by Gasteiger charge is 2.06. The van der Waals surface area contributed by atoms with Crippen LogP contribution in [0.4, 0.5) is 0 Å². The van der Waals surface area contributed by atoms with Gasteiger partial charge in [-0.2, -0.15) is 12.6 Å². The number of thiol groups is 1. The Morgan fingerprint density at radius 1 is 1.67 bits per heavy atom. The molecule has 1 amide bonds. The number of hydrogen-bond donors (Lipinski definition) is 4. The molecule has 0 spiro atoms. The van der Waals surface area contributed by atoms with Gasteiger partial charge in [-0.05, 0) is 0 Å². The fourth-order valence-electron chi connectivity index (χ4n) is 0.0781. The monoisotopic (exact) mass is 194 g/mol. The van der Waals surface area contributed by atoms with Crippen LogP contribution >= 0.6 is 12.6 Å². The highest BCUT2D eigenvalue weighted by atomic mass is 32.1. The Kier molecular flexibility index (Phi) is 9.61. The van der Waals surface area contributed by atoms with Crippen LogP contribution in [0.3, 0.4) is 0 Å². The first-order chi connectivity index (χ1) is 5.45. The Morgan fingerprint density at radius 3 is 2.00 bits per heavy atom. The van der Waals surface area contributed by atoms with Gasteiger partial charge in [-0.15, -0.1) is 0 Å². The molecule has 0 fully saturated rings. The van der Waals surface area contributed by atoms with Gasteiger partial charge < -0.3 is 16.2 Å². The Labute approximate surface area is 76.7 Å². The van der Waals surface area contributed by atoms with Crippen molar-refractivity contribution in [3.8, 4) is 0 Å². The van der Waals surface area contributed by atoms with Crippen LogP contribution in [0.2, 0.25) is 0 Å². The maximum atomic E-state index is 9.76. The van der Waals surface area contributed by atoms with E-state index in [0.717, 1.165) is 0 Å². The molecule has 0 aromatic heterocycles. The first-order valence-corrected chi connectivity index (χ1v) is 3.86. The van der Waals surface area contributed by atoms with Crippen LogP contribution in [0, 0.1) is 0 Å². The molecular weight excluding hydrogens is 180 g/mol. The van der Waals surface area contributed by atoms with Crippen molar-refractivity contribution >= 4 is 24.5 Å². The van der Waals surface area contributed by atoms with Crippen molar-refractivity contribution in [2.75, 3.05) is 12.8 Å². The highest BCUT2D eigenvalue weighted by molar-refractivity contribution is 7.80. The van der Waals surface area contributed by atoms with Gasteiger partial charge in [0.2, 0.25) is 5.91 Å². The van der Waals surface area contributed by atoms with Gasteiger partial charge in [-0.1, -0.05) is 0 Å². The number of carbonyl (C=O) groups is 2. The maximum absolute atomic E-state index is 9.76. The number of carboxylic acid groups (broad SMARTS) is 1. The first-order valence-electron chi connectivity index (χ1n) is 3.23. The summed E-state index contributed by atoms with van der Waals surface area (Å²) in [4.78, 5) is 19.5. The van der Waals surface area contributed by atoms with Crippen molar-refractivity contribution in [1.82, 2.24) is 5.32 Å². The van der Waals surface area contributed by atoms with Gasteiger partial charge in [-0.25, -0.2) is 0 Å². The summed E-state index contributed by atoms with van der Waals surface area (Å²) in [6.07, 6.45) is 0. The van der Waals surface area contributed by atoms with Gasteiger partial charge in [0, 0.05) is 19.7 Å².